The molecule has 0 radical (unpaired) electrons. The Kier molecular flexibility index (Phi) is 5.43. The number of pyridine rings is 1. The molecule has 1 aliphatic carbocycles. The number of anilines is 3. The first-order chi connectivity index (χ1) is 15.6. The minimum Gasteiger partial charge on any atom is -0.493 e. The number of carbonyl (C=O) groups is 1. The fourth-order valence-corrected chi connectivity index (χ4v) is 4.74. The molecular formula is C26H27N3O3. The van der Waals surface area contributed by atoms with E-state index in [1.807, 2.05) is 0 Å². The fraction of sp³-hybridized carbons (Fsp3) is 0.308. The van der Waals surface area contributed by atoms with Gasteiger partial charge < -0.3 is 20.1 Å². The summed E-state index contributed by atoms with van der Waals surface area (Å²) in [7, 11) is 2.09. The van der Waals surface area contributed by atoms with Gasteiger partial charge in [0, 0.05) is 43.1 Å². The SMILES string of the molecule is CN(c1ccc2c(c1)CCC2)c1ccc2c(c1)OCC[C@H]2CNc1cnccc1C(=O)O. The molecule has 1 aliphatic heterocycles. The van der Waals surface area contributed by atoms with E-state index in [4.69, 9.17) is 4.74 Å². The Labute approximate surface area is 187 Å². The van der Waals surface area contributed by atoms with Crippen molar-refractivity contribution < 1.29 is 14.6 Å². The Balaban J connectivity index is 1.34. The highest BCUT2D eigenvalue weighted by atomic mass is 16.5. The number of hydrogen-bond donors (Lipinski definition) is 2. The lowest BCUT2D eigenvalue weighted by molar-refractivity contribution is 0.0697. The van der Waals surface area contributed by atoms with Gasteiger partial charge in [0.2, 0.25) is 0 Å². The average molecular weight is 430 g/mol. The summed E-state index contributed by atoms with van der Waals surface area (Å²) in [5.74, 6) is 0.180. The highest BCUT2D eigenvalue weighted by Crippen LogP contribution is 2.38. The number of aryl methyl sites for hydroxylation is 2. The van der Waals surface area contributed by atoms with E-state index >= 15 is 0 Å². The first-order valence-electron chi connectivity index (χ1n) is 11.1. The van der Waals surface area contributed by atoms with Crippen molar-refractivity contribution in [1.29, 1.82) is 0 Å². The Morgan fingerprint density at radius 1 is 1.16 bits per heavy atom. The van der Waals surface area contributed by atoms with Crippen molar-refractivity contribution in [2.75, 3.05) is 30.4 Å². The zero-order chi connectivity index (χ0) is 22.1. The zero-order valence-corrected chi connectivity index (χ0v) is 18.2. The van der Waals surface area contributed by atoms with Crippen molar-refractivity contribution in [2.45, 2.75) is 31.6 Å². The number of nitrogens with zero attached hydrogens (tertiary/aromatic N) is 2. The molecule has 0 amide bonds. The van der Waals surface area contributed by atoms with E-state index in [1.54, 1.807) is 6.20 Å². The van der Waals surface area contributed by atoms with Crippen LogP contribution in [-0.2, 0) is 12.8 Å². The number of ether oxygens (including phenoxy) is 1. The largest absolute Gasteiger partial charge is 0.493 e. The molecule has 0 unspecified atom stereocenters. The molecule has 6 nitrogen and oxygen atoms in total. The van der Waals surface area contributed by atoms with Crippen LogP contribution in [0.3, 0.4) is 0 Å². The molecule has 6 heteroatoms. The van der Waals surface area contributed by atoms with Gasteiger partial charge in [-0.1, -0.05) is 12.1 Å². The number of aromatic nitrogens is 1. The maximum absolute atomic E-state index is 11.5. The van der Waals surface area contributed by atoms with Crippen LogP contribution in [0.5, 0.6) is 5.75 Å². The van der Waals surface area contributed by atoms with Gasteiger partial charge in [-0.05, 0) is 66.6 Å². The van der Waals surface area contributed by atoms with Crippen LogP contribution in [0.4, 0.5) is 17.1 Å². The number of aromatic carboxylic acids is 1. The van der Waals surface area contributed by atoms with Crippen molar-refractivity contribution in [1.82, 2.24) is 4.98 Å². The third-order valence-corrected chi connectivity index (χ3v) is 6.61. The molecule has 2 N–H and O–H groups in total. The molecule has 2 aliphatic rings. The van der Waals surface area contributed by atoms with Crippen LogP contribution in [0.15, 0.2) is 54.9 Å². The Morgan fingerprint density at radius 2 is 1.97 bits per heavy atom. The van der Waals surface area contributed by atoms with Gasteiger partial charge in [-0.15, -0.1) is 0 Å². The lowest BCUT2D eigenvalue weighted by Crippen LogP contribution is -2.22. The number of carboxylic acids is 1. The highest BCUT2D eigenvalue weighted by molar-refractivity contribution is 5.93. The maximum Gasteiger partial charge on any atom is 0.337 e. The third-order valence-electron chi connectivity index (χ3n) is 6.61. The number of hydrogen-bond acceptors (Lipinski definition) is 5. The summed E-state index contributed by atoms with van der Waals surface area (Å²) in [6.07, 6.45) is 7.55. The van der Waals surface area contributed by atoms with E-state index in [9.17, 15) is 9.90 Å². The normalized spacial score (nSPS) is 16.6. The average Bonchev–Trinajstić information content (AvgIpc) is 3.30. The molecule has 0 spiro atoms. The second-order valence-corrected chi connectivity index (χ2v) is 8.53. The van der Waals surface area contributed by atoms with E-state index in [1.165, 1.54) is 48.3 Å². The number of carboxylic acid groups (broad SMARTS) is 1. The number of fused-ring (bicyclic) bond motifs is 2. The molecule has 2 heterocycles. The smallest absolute Gasteiger partial charge is 0.337 e. The predicted octanol–water partition coefficient (Wildman–Crippen LogP) is 5.01. The minimum atomic E-state index is -0.957. The molecule has 1 atom stereocenters. The number of nitrogens with one attached hydrogen (secondary N) is 1. The molecule has 0 saturated carbocycles. The highest BCUT2D eigenvalue weighted by Gasteiger charge is 2.23. The topological polar surface area (TPSA) is 74.7 Å². The van der Waals surface area contributed by atoms with E-state index in [0.29, 0.717) is 18.8 Å². The van der Waals surface area contributed by atoms with Gasteiger partial charge in [-0.25, -0.2) is 4.79 Å². The summed E-state index contributed by atoms with van der Waals surface area (Å²) in [4.78, 5) is 17.7. The van der Waals surface area contributed by atoms with Crippen LogP contribution >= 0.6 is 0 Å². The van der Waals surface area contributed by atoms with Crippen LogP contribution in [0.2, 0.25) is 0 Å². The summed E-state index contributed by atoms with van der Waals surface area (Å²) in [6, 6.07) is 14.7. The Bertz CT molecular complexity index is 1160. The van der Waals surface area contributed by atoms with Gasteiger partial charge in [0.25, 0.3) is 0 Å². The number of benzene rings is 2. The summed E-state index contributed by atoms with van der Waals surface area (Å²) in [5, 5.41) is 12.7. The summed E-state index contributed by atoms with van der Waals surface area (Å²) >= 11 is 0. The molecule has 2 aromatic carbocycles. The van der Waals surface area contributed by atoms with Gasteiger partial charge in [0.15, 0.2) is 0 Å². The van der Waals surface area contributed by atoms with Crippen molar-refractivity contribution in [2.24, 2.45) is 0 Å². The van der Waals surface area contributed by atoms with Gasteiger partial charge in [-0.2, -0.15) is 0 Å². The molecule has 0 fully saturated rings. The molecule has 3 aromatic rings. The second-order valence-electron chi connectivity index (χ2n) is 8.53. The fourth-order valence-electron chi connectivity index (χ4n) is 4.74. The standard InChI is InChI=1S/C26H27N3O3/c1-29(20-6-5-17-3-2-4-18(17)13-20)21-7-8-22-19(10-12-32-25(22)14-21)15-28-24-16-27-11-9-23(24)26(30)31/h5-9,11,13-14,16,19,28H,2-4,10,12,15H2,1H3,(H,30,31)/t19-/m0/s1. The molecule has 164 valence electrons. The van der Waals surface area contributed by atoms with Gasteiger partial charge in [0.1, 0.15) is 5.75 Å². The lowest BCUT2D eigenvalue weighted by atomic mass is 9.92. The van der Waals surface area contributed by atoms with Crippen molar-refractivity contribution in [3.63, 3.8) is 0 Å². The third kappa shape index (κ3) is 3.88. The van der Waals surface area contributed by atoms with Crippen LogP contribution in [0, 0.1) is 0 Å². The molecular weight excluding hydrogens is 402 g/mol. The summed E-state index contributed by atoms with van der Waals surface area (Å²) in [5.41, 5.74) is 7.15. The molecule has 5 rings (SSSR count). The van der Waals surface area contributed by atoms with E-state index < -0.39 is 5.97 Å². The predicted molar refractivity (Wildman–Crippen MR) is 126 cm³/mol. The van der Waals surface area contributed by atoms with Gasteiger partial charge in [-0.3, -0.25) is 4.98 Å². The zero-order valence-electron chi connectivity index (χ0n) is 18.2. The maximum atomic E-state index is 11.5. The lowest BCUT2D eigenvalue weighted by Gasteiger charge is -2.29. The van der Waals surface area contributed by atoms with Crippen LogP contribution in [-0.4, -0.2) is 36.3 Å². The van der Waals surface area contributed by atoms with Crippen LogP contribution in [0.1, 0.15) is 45.8 Å². The quantitative estimate of drug-likeness (QED) is 0.573. The van der Waals surface area contributed by atoms with Crippen molar-refractivity contribution in [3.05, 3.63) is 77.1 Å². The Morgan fingerprint density at radius 3 is 2.84 bits per heavy atom. The minimum absolute atomic E-state index is 0.235. The van der Waals surface area contributed by atoms with E-state index in [0.717, 1.165) is 23.4 Å². The molecule has 0 saturated heterocycles. The van der Waals surface area contributed by atoms with Crippen LogP contribution < -0.4 is 15.0 Å². The van der Waals surface area contributed by atoms with Crippen molar-refractivity contribution in [3.8, 4) is 5.75 Å². The Hall–Kier alpha value is -3.54. The molecule has 0 bridgehead atoms. The first-order valence-corrected chi connectivity index (χ1v) is 11.1. The number of rotatable bonds is 6. The molecule has 32 heavy (non-hydrogen) atoms. The summed E-state index contributed by atoms with van der Waals surface area (Å²) < 4.78 is 6.01. The first kappa shape index (κ1) is 20.4. The molecule has 1 aromatic heterocycles. The van der Waals surface area contributed by atoms with Gasteiger partial charge in [0.05, 0.1) is 24.1 Å². The van der Waals surface area contributed by atoms with E-state index in [-0.39, 0.29) is 11.5 Å². The van der Waals surface area contributed by atoms with Gasteiger partial charge >= 0.3 is 5.97 Å². The van der Waals surface area contributed by atoms with E-state index in [2.05, 4.69) is 58.6 Å². The summed E-state index contributed by atoms with van der Waals surface area (Å²) in [6.45, 7) is 1.27. The van der Waals surface area contributed by atoms with Crippen LogP contribution in [0.25, 0.3) is 0 Å². The van der Waals surface area contributed by atoms with Crippen molar-refractivity contribution >= 4 is 23.0 Å². The monoisotopic (exact) mass is 429 g/mol. The second kappa shape index (κ2) is 8.54.